The van der Waals surface area contributed by atoms with Crippen LogP contribution in [0, 0.1) is 5.82 Å². The number of hydrogen-bond acceptors (Lipinski definition) is 2. The van der Waals surface area contributed by atoms with Crippen molar-refractivity contribution in [1.82, 2.24) is 0 Å². The smallest absolute Gasteiger partial charge is 0.232 e. The zero-order chi connectivity index (χ0) is 11.5. The van der Waals surface area contributed by atoms with Crippen molar-refractivity contribution in [2.45, 2.75) is 13.3 Å². The highest BCUT2D eigenvalue weighted by molar-refractivity contribution is 7.92. The van der Waals surface area contributed by atoms with Gasteiger partial charge in [-0.15, -0.1) is 0 Å². The number of anilines is 1. The molecule has 0 atom stereocenters. The molecule has 1 rings (SSSR count). The summed E-state index contributed by atoms with van der Waals surface area (Å²) in [5.41, 5.74) is 0.273. The van der Waals surface area contributed by atoms with Crippen molar-refractivity contribution in [2.75, 3.05) is 10.5 Å². The van der Waals surface area contributed by atoms with Gasteiger partial charge < -0.3 is 0 Å². The Balaban J connectivity index is 2.86. The van der Waals surface area contributed by atoms with Gasteiger partial charge in [0.2, 0.25) is 10.0 Å². The fourth-order valence-electron chi connectivity index (χ4n) is 1.06. The summed E-state index contributed by atoms with van der Waals surface area (Å²) in [6.45, 7) is 1.76. The standard InChI is InChI=1S/C9H11ClFNO2S/c1-2-5-15(13,14)12-7-3-4-9(11)8(10)6-7/h3-4,6,12H,2,5H2,1H3. The Hall–Kier alpha value is -0.810. The van der Waals surface area contributed by atoms with E-state index in [1.165, 1.54) is 12.1 Å². The average Bonchev–Trinajstić information content (AvgIpc) is 2.10. The molecule has 0 saturated carbocycles. The molecule has 0 aromatic heterocycles. The molecular formula is C9H11ClFNO2S. The molecule has 0 spiro atoms. The number of benzene rings is 1. The monoisotopic (exact) mass is 251 g/mol. The normalized spacial score (nSPS) is 11.4. The van der Waals surface area contributed by atoms with Crippen LogP contribution in [0.25, 0.3) is 0 Å². The second-order valence-corrected chi connectivity index (χ2v) is 5.30. The van der Waals surface area contributed by atoms with Gasteiger partial charge in [0.25, 0.3) is 0 Å². The van der Waals surface area contributed by atoms with E-state index < -0.39 is 15.8 Å². The molecule has 6 heteroatoms. The summed E-state index contributed by atoms with van der Waals surface area (Å²) in [4.78, 5) is 0. The minimum absolute atomic E-state index is 0.0298. The predicted octanol–water partition coefficient (Wildman–Crippen LogP) is 2.63. The number of nitrogens with one attached hydrogen (secondary N) is 1. The van der Waals surface area contributed by atoms with Gasteiger partial charge in [-0.3, -0.25) is 4.72 Å². The van der Waals surface area contributed by atoms with Gasteiger partial charge in [-0.2, -0.15) is 0 Å². The van der Waals surface area contributed by atoms with E-state index in [0.29, 0.717) is 6.42 Å². The van der Waals surface area contributed by atoms with Crippen LogP contribution in [0.1, 0.15) is 13.3 Å². The second kappa shape index (κ2) is 4.81. The van der Waals surface area contributed by atoms with Crippen LogP contribution in [0.4, 0.5) is 10.1 Å². The van der Waals surface area contributed by atoms with Gasteiger partial charge in [-0.05, 0) is 24.6 Å². The highest BCUT2D eigenvalue weighted by Crippen LogP contribution is 2.20. The zero-order valence-corrected chi connectivity index (χ0v) is 9.70. The fraction of sp³-hybridized carbons (Fsp3) is 0.333. The molecular weight excluding hydrogens is 241 g/mol. The molecule has 0 heterocycles. The first-order valence-corrected chi connectivity index (χ1v) is 6.43. The van der Waals surface area contributed by atoms with E-state index in [4.69, 9.17) is 11.6 Å². The van der Waals surface area contributed by atoms with Gasteiger partial charge in [0.15, 0.2) is 0 Å². The minimum atomic E-state index is -3.35. The molecule has 1 aromatic carbocycles. The zero-order valence-electron chi connectivity index (χ0n) is 8.13. The molecule has 0 aliphatic rings. The molecule has 84 valence electrons. The number of halogens is 2. The van der Waals surface area contributed by atoms with Crippen LogP contribution in [0.5, 0.6) is 0 Å². The topological polar surface area (TPSA) is 46.2 Å². The lowest BCUT2D eigenvalue weighted by atomic mass is 10.3. The van der Waals surface area contributed by atoms with Crippen LogP contribution >= 0.6 is 11.6 Å². The first-order valence-electron chi connectivity index (χ1n) is 4.40. The summed E-state index contributed by atoms with van der Waals surface area (Å²) in [7, 11) is -3.35. The van der Waals surface area contributed by atoms with E-state index in [2.05, 4.69) is 4.72 Å². The van der Waals surface area contributed by atoms with Crippen LogP contribution in [0.15, 0.2) is 18.2 Å². The van der Waals surface area contributed by atoms with Crippen molar-refractivity contribution < 1.29 is 12.8 Å². The molecule has 0 fully saturated rings. The fourth-order valence-corrected chi connectivity index (χ4v) is 2.37. The first kappa shape index (κ1) is 12.3. The van der Waals surface area contributed by atoms with E-state index in [0.717, 1.165) is 6.07 Å². The number of hydrogen-bond donors (Lipinski definition) is 1. The Morgan fingerprint density at radius 3 is 2.67 bits per heavy atom. The van der Waals surface area contributed by atoms with E-state index >= 15 is 0 Å². The number of sulfonamides is 1. The third-order valence-electron chi connectivity index (χ3n) is 1.67. The van der Waals surface area contributed by atoms with Crippen molar-refractivity contribution in [3.8, 4) is 0 Å². The maximum atomic E-state index is 12.8. The molecule has 1 aromatic rings. The van der Waals surface area contributed by atoms with Gasteiger partial charge in [-0.1, -0.05) is 18.5 Å². The first-order chi connectivity index (χ1) is 6.94. The van der Waals surface area contributed by atoms with Crippen molar-refractivity contribution in [2.24, 2.45) is 0 Å². The Bertz CT molecular complexity index is 447. The van der Waals surface area contributed by atoms with Crippen molar-refractivity contribution in [1.29, 1.82) is 0 Å². The number of rotatable bonds is 4. The van der Waals surface area contributed by atoms with Gasteiger partial charge in [0.05, 0.1) is 16.5 Å². The van der Waals surface area contributed by atoms with E-state index in [-0.39, 0.29) is 16.5 Å². The Morgan fingerprint density at radius 1 is 1.47 bits per heavy atom. The van der Waals surface area contributed by atoms with E-state index in [1.807, 2.05) is 0 Å². The summed E-state index contributed by atoms with van der Waals surface area (Å²) in [6.07, 6.45) is 0.518. The Kier molecular flexibility index (Phi) is 3.93. The predicted molar refractivity (Wildman–Crippen MR) is 59.1 cm³/mol. The SMILES string of the molecule is CCCS(=O)(=O)Nc1ccc(F)c(Cl)c1. The van der Waals surface area contributed by atoms with Crippen molar-refractivity contribution in [3.05, 3.63) is 29.0 Å². The molecule has 15 heavy (non-hydrogen) atoms. The van der Waals surface area contributed by atoms with E-state index in [1.54, 1.807) is 6.92 Å². The quantitative estimate of drug-likeness (QED) is 0.894. The minimum Gasteiger partial charge on any atom is -0.284 e. The molecule has 0 unspecified atom stereocenters. The van der Waals surface area contributed by atoms with Gasteiger partial charge in [0.1, 0.15) is 5.82 Å². The molecule has 3 nitrogen and oxygen atoms in total. The Morgan fingerprint density at radius 2 is 2.13 bits per heavy atom. The van der Waals surface area contributed by atoms with Gasteiger partial charge >= 0.3 is 0 Å². The van der Waals surface area contributed by atoms with Crippen LogP contribution in [0.2, 0.25) is 5.02 Å². The molecule has 0 radical (unpaired) electrons. The molecule has 0 aliphatic heterocycles. The molecule has 0 amide bonds. The van der Waals surface area contributed by atoms with Crippen molar-refractivity contribution >= 4 is 27.3 Å². The molecule has 0 bridgehead atoms. The lowest BCUT2D eigenvalue weighted by Gasteiger charge is -2.07. The highest BCUT2D eigenvalue weighted by Gasteiger charge is 2.09. The van der Waals surface area contributed by atoms with Crippen LogP contribution < -0.4 is 4.72 Å². The van der Waals surface area contributed by atoms with Crippen LogP contribution in [-0.2, 0) is 10.0 Å². The summed E-state index contributed by atoms with van der Waals surface area (Å²) < 4.78 is 37.8. The van der Waals surface area contributed by atoms with E-state index in [9.17, 15) is 12.8 Å². The van der Waals surface area contributed by atoms with Crippen molar-refractivity contribution in [3.63, 3.8) is 0 Å². The lowest BCUT2D eigenvalue weighted by molar-refractivity contribution is 0.599. The average molecular weight is 252 g/mol. The third kappa shape index (κ3) is 3.68. The largest absolute Gasteiger partial charge is 0.284 e. The van der Waals surface area contributed by atoms with Crippen LogP contribution in [-0.4, -0.2) is 14.2 Å². The highest BCUT2D eigenvalue weighted by atomic mass is 35.5. The molecule has 0 aliphatic carbocycles. The maximum Gasteiger partial charge on any atom is 0.232 e. The molecule has 0 saturated heterocycles. The van der Waals surface area contributed by atoms with Gasteiger partial charge in [0, 0.05) is 0 Å². The summed E-state index contributed by atoms with van der Waals surface area (Å²) in [6, 6.07) is 3.69. The Labute approximate surface area is 93.3 Å². The van der Waals surface area contributed by atoms with Crippen LogP contribution in [0.3, 0.4) is 0 Å². The second-order valence-electron chi connectivity index (χ2n) is 3.05. The lowest BCUT2D eigenvalue weighted by Crippen LogP contribution is -2.16. The third-order valence-corrected chi connectivity index (χ3v) is 3.45. The molecule has 1 N–H and O–H groups in total. The summed E-state index contributed by atoms with van der Waals surface area (Å²) in [5.74, 6) is -0.544. The summed E-state index contributed by atoms with van der Waals surface area (Å²) in [5, 5.41) is -0.105. The van der Waals surface area contributed by atoms with Gasteiger partial charge in [-0.25, -0.2) is 12.8 Å². The summed E-state index contributed by atoms with van der Waals surface area (Å²) >= 11 is 5.51. The maximum absolute atomic E-state index is 12.8.